The third kappa shape index (κ3) is 5.64. The van der Waals surface area contributed by atoms with Gasteiger partial charge in [-0.15, -0.1) is 0 Å². The Labute approximate surface area is 126 Å². The number of hydrogen-bond donors (Lipinski definition) is 1. The second-order valence-electron chi connectivity index (χ2n) is 4.92. The lowest BCUT2D eigenvalue weighted by Gasteiger charge is -2.27. The summed E-state index contributed by atoms with van der Waals surface area (Å²) in [6.45, 7) is 5.45. The zero-order chi connectivity index (χ0) is 14.1. The minimum Gasteiger partial charge on any atom is -0.380 e. The molecular weight excluding hydrogens is 302 g/mol. The van der Waals surface area contributed by atoms with Crippen LogP contribution in [0.3, 0.4) is 0 Å². The van der Waals surface area contributed by atoms with E-state index in [1.807, 2.05) is 7.11 Å². The molecule has 2 nitrogen and oxygen atoms in total. The average molecular weight is 328 g/mol. The molecule has 0 aliphatic rings. The smallest absolute Gasteiger partial charge is 0.0727 e. The van der Waals surface area contributed by atoms with E-state index in [9.17, 15) is 0 Å². The molecule has 108 valence electrons. The molecule has 2 atom stereocenters. The molecule has 1 aromatic rings. The van der Waals surface area contributed by atoms with E-state index in [1.165, 1.54) is 10.0 Å². The van der Waals surface area contributed by atoms with Gasteiger partial charge < -0.3 is 10.1 Å². The summed E-state index contributed by atoms with van der Waals surface area (Å²) in [4.78, 5) is 0. The fourth-order valence-corrected chi connectivity index (χ4v) is 2.78. The second-order valence-corrected chi connectivity index (χ2v) is 5.77. The standard InChI is InChI=1S/C16H26BrNO/c1-4-8-16(19-3)15(18-11-5-2)12-13-9-6-7-10-14(13)17/h6-7,9-10,15-16,18H,4-5,8,11-12H2,1-3H3. The highest BCUT2D eigenvalue weighted by Gasteiger charge is 2.20. The van der Waals surface area contributed by atoms with Crippen LogP contribution in [0.25, 0.3) is 0 Å². The summed E-state index contributed by atoms with van der Waals surface area (Å²) in [5.41, 5.74) is 1.34. The van der Waals surface area contributed by atoms with Crippen LogP contribution in [0.2, 0.25) is 0 Å². The minimum atomic E-state index is 0.281. The van der Waals surface area contributed by atoms with E-state index < -0.39 is 0 Å². The summed E-state index contributed by atoms with van der Waals surface area (Å²) < 4.78 is 6.87. The van der Waals surface area contributed by atoms with E-state index in [2.05, 4.69) is 59.4 Å². The Morgan fingerprint density at radius 3 is 2.53 bits per heavy atom. The number of rotatable bonds is 9. The summed E-state index contributed by atoms with van der Waals surface area (Å²) in [5.74, 6) is 0. The zero-order valence-electron chi connectivity index (χ0n) is 12.3. The van der Waals surface area contributed by atoms with E-state index in [0.717, 1.165) is 32.2 Å². The van der Waals surface area contributed by atoms with Crippen molar-refractivity contribution in [2.45, 2.75) is 51.7 Å². The van der Waals surface area contributed by atoms with Gasteiger partial charge in [0, 0.05) is 17.6 Å². The second kappa shape index (κ2) is 9.51. The molecule has 0 aliphatic heterocycles. The van der Waals surface area contributed by atoms with Gasteiger partial charge in [-0.3, -0.25) is 0 Å². The van der Waals surface area contributed by atoms with Gasteiger partial charge in [0.1, 0.15) is 0 Å². The van der Waals surface area contributed by atoms with E-state index in [1.54, 1.807) is 0 Å². The maximum absolute atomic E-state index is 5.68. The van der Waals surface area contributed by atoms with Crippen molar-refractivity contribution in [1.29, 1.82) is 0 Å². The van der Waals surface area contributed by atoms with Crippen molar-refractivity contribution in [2.24, 2.45) is 0 Å². The van der Waals surface area contributed by atoms with Gasteiger partial charge in [0.2, 0.25) is 0 Å². The molecule has 0 radical (unpaired) electrons. The minimum absolute atomic E-state index is 0.281. The molecule has 1 N–H and O–H groups in total. The van der Waals surface area contributed by atoms with Crippen molar-refractivity contribution in [3.05, 3.63) is 34.3 Å². The van der Waals surface area contributed by atoms with Crippen LogP contribution in [0, 0.1) is 0 Å². The molecule has 0 amide bonds. The highest BCUT2D eigenvalue weighted by Crippen LogP contribution is 2.20. The molecule has 0 saturated carbocycles. The first-order valence-corrected chi connectivity index (χ1v) is 8.01. The Bertz CT molecular complexity index is 356. The van der Waals surface area contributed by atoms with Gasteiger partial charge in [0.05, 0.1) is 6.10 Å². The molecule has 19 heavy (non-hydrogen) atoms. The summed E-state index contributed by atoms with van der Waals surface area (Å²) >= 11 is 3.63. The van der Waals surface area contributed by atoms with E-state index in [-0.39, 0.29) is 6.10 Å². The SMILES string of the molecule is CCCNC(Cc1ccccc1Br)C(CCC)OC. The molecule has 1 rings (SSSR count). The molecular formula is C16H26BrNO. The molecule has 0 aromatic heterocycles. The molecule has 0 saturated heterocycles. The van der Waals surface area contributed by atoms with Gasteiger partial charge in [-0.25, -0.2) is 0 Å². The van der Waals surface area contributed by atoms with Crippen molar-refractivity contribution in [3.63, 3.8) is 0 Å². The van der Waals surface area contributed by atoms with Crippen LogP contribution in [-0.4, -0.2) is 25.8 Å². The quantitative estimate of drug-likeness (QED) is 0.734. The predicted octanol–water partition coefficient (Wildman–Crippen LogP) is 4.17. The van der Waals surface area contributed by atoms with Crippen LogP contribution >= 0.6 is 15.9 Å². The van der Waals surface area contributed by atoms with Crippen molar-refractivity contribution in [2.75, 3.05) is 13.7 Å². The lowest BCUT2D eigenvalue weighted by Crippen LogP contribution is -2.43. The van der Waals surface area contributed by atoms with Crippen LogP contribution in [0.1, 0.15) is 38.7 Å². The largest absolute Gasteiger partial charge is 0.380 e. The van der Waals surface area contributed by atoms with Gasteiger partial charge in [-0.05, 0) is 37.4 Å². The highest BCUT2D eigenvalue weighted by atomic mass is 79.9. The first-order chi connectivity index (χ1) is 9.22. The van der Waals surface area contributed by atoms with Crippen molar-refractivity contribution in [1.82, 2.24) is 5.32 Å². The van der Waals surface area contributed by atoms with Gasteiger partial charge in [-0.1, -0.05) is 54.4 Å². The van der Waals surface area contributed by atoms with Gasteiger partial charge >= 0.3 is 0 Å². The Kier molecular flexibility index (Phi) is 8.35. The molecule has 0 spiro atoms. The molecule has 0 fully saturated rings. The summed E-state index contributed by atoms with van der Waals surface area (Å²) in [5, 5.41) is 3.64. The normalized spacial score (nSPS) is 14.3. The Morgan fingerprint density at radius 2 is 1.95 bits per heavy atom. The van der Waals surface area contributed by atoms with Crippen LogP contribution in [-0.2, 0) is 11.2 Å². The highest BCUT2D eigenvalue weighted by molar-refractivity contribution is 9.10. The summed E-state index contributed by atoms with van der Waals surface area (Å²) in [6, 6.07) is 8.82. The van der Waals surface area contributed by atoms with Crippen molar-refractivity contribution >= 4 is 15.9 Å². The average Bonchev–Trinajstić information content (AvgIpc) is 2.43. The van der Waals surface area contributed by atoms with Gasteiger partial charge in [0.25, 0.3) is 0 Å². The Hall–Kier alpha value is -0.380. The lowest BCUT2D eigenvalue weighted by molar-refractivity contribution is 0.0608. The maximum Gasteiger partial charge on any atom is 0.0727 e. The topological polar surface area (TPSA) is 21.3 Å². The van der Waals surface area contributed by atoms with Gasteiger partial charge in [-0.2, -0.15) is 0 Å². The van der Waals surface area contributed by atoms with Crippen LogP contribution in [0.15, 0.2) is 28.7 Å². The number of nitrogens with one attached hydrogen (secondary N) is 1. The first-order valence-electron chi connectivity index (χ1n) is 7.22. The first kappa shape index (κ1) is 16.7. The Balaban J connectivity index is 2.75. The van der Waals surface area contributed by atoms with E-state index in [4.69, 9.17) is 4.74 Å². The molecule has 0 aliphatic carbocycles. The summed E-state index contributed by atoms with van der Waals surface area (Å²) in [7, 11) is 1.82. The summed E-state index contributed by atoms with van der Waals surface area (Å²) in [6.07, 6.45) is 4.68. The zero-order valence-corrected chi connectivity index (χ0v) is 13.9. The number of methoxy groups -OCH3 is 1. The molecule has 3 heteroatoms. The molecule has 0 bridgehead atoms. The number of ether oxygens (including phenoxy) is 1. The third-order valence-corrected chi connectivity index (χ3v) is 4.15. The van der Waals surface area contributed by atoms with Gasteiger partial charge in [0.15, 0.2) is 0 Å². The molecule has 1 aromatic carbocycles. The fourth-order valence-electron chi connectivity index (χ4n) is 2.33. The fraction of sp³-hybridized carbons (Fsp3) is 0.625. The third-order valence-electron chi connectivity index (χ3n) is 3.38. The maximum atomic E-state index is 5.68. The van der Waals surface area contributed by atoms with Crippen LogP contribution in [0.4, 0.5) is 0 Å². The lowest BCUT2D eigenvalue weighted by atomic mass is 9.98. The monoisotopic (exact) mass is 327 g/mol. The number of halogens is 1. The van der Waals surface area contributed by atoms with E-state index >= 15 is 0 Å². The van der Waals surface area contributed by atoms with E-state index in [0.29, 0.717) is 6.04 Å². The number of benzene rings is 1. The van der Waals surface area contributed by atoms with Crippen molar-refractivity contribution < 1.29 is 4.74 Å². The van der Waals surface area contributed by atoms with Crippen LogP contribution in [0.5, 0.6) is 0 Å². The Morgan fingerprint density at radius 1 is 1.21 bits per heavy atom. The number of hydrogen-bond acceptors (Lipinski definition) is 2. The molecule has 0 heterocycles. The van der Waals surface area contributed by atoms with Crippen LogP contribution < -0.4 is 5.32 Å². The van der Waals surface area contributed by atoms with Crippen molar-refractivity contribution in [3.8, 4) is 0 Å². The predicted molar refractivity (Wildman–Crippen MR) is 85.6 cm³/mol. The molecule has 2 unspecified atom stereocenters.